The first kappa shape index (κ1) is 11.9. The molecular weight excluding hydrogens is 241 g/mol. The van der Waals surface area contributed by atoms with Gasteiger partial charge in [-0.3, -0.25) is 0 Å². The normalized spacial score (nSPS) is 11.1. The zero-order valence-corrected chi connectivity index (χ0v) is 10.4. The largest absolute Gasteiger partial charge is 0.392 e. The number of nitrogens with zero attached hydrogens (tertiary/aromatic N) is 1. The lowest BCUT2D eigenvalue weighted by atomic mass is 10.1. The predicted octanol–water partition coefficient (Wildman–Crippen LogP) is 3.32. The molecule has 19 heavy (non-hydrogen) atoms. The van der Waals surface area contributed by atoms with E-state index in [9.17, 15) is 9.50 Å². The molecule has 1 heterocycles. The number of aliphatic hydroxyl groups is 1. The van der Waals surface area contributed by atoms with Gasteiger partial charge in [0.25, 0.3) is 0 Å². The fourth-order valence-corrected chi connectivity index (χ4v) is 2.39. The molecule has 0 atom stereocenters. The van der Waals surface area contributed by atoms with Crippen LogP contribution in [0.15, 0.2) is 54.7 Å². The number of rotatable bonds is 3. The van der Waals surface area contributed by atoms with Crippen molar-refractivity contribution in [2.75, 3.05) is 0 Å². The minimum atomic E-state index is -0.225. The molecule has 1 aromatic heterocycles. The number of halogens is 1. The Morgan fingerprint density at radius 1 is 1.00 bits per heavy atom. The van der Waals surface area contributed by atoms with E-state index in [1.165, 1.54) is 12.1 Å². The maximum Gasteiger partial charge on any atom is 0.123 e. The molecule has 96 valence electrons. The molecule has 2 nitrogen and oxygen atoms in total. The Kier molecular flexibility index (Phi) is 3.05. The summed E-state index contributed by atoms with van der Waals surface area (Å²) in [4.78, 5) is 0. The van der Waals surface area contributed by atoms with Crippen LogP contribution in [0, 0.1) is 5.82 Å². The van der Waals surface area contributed by atoms with Gasteiger partial charge in [0.15, 0.2) is 0 Å². The molecule has 0 aliphatic heterocycles. The summed E-state index contributed by atoms with van der Waals surface area (Å²) in [6, 6.07) is 14.4. The van der Waals surface area contributed by atoms with E-state index in [2.05, 4.69) is 4.57 Å². The van der Waals surface area contributed by atoms with Crippen LogP contribution in [0.1, 0.15) is 11.1 Å². The van der Waals surface area contributed by atoms with Crippen LogP contribution in [0.3, 0.4) is 0 Å². The van der Waals surface area contributed by atoms with Crippen molar-refractivity contribution in [3.8, 4) is 0 Å². The van der Waals surface area contributed by atoms with Crippen LogP contribution < -0.4 is 0 Å². The molecule has 0 amide bonds. The second-order valence-electron chi connectivity index (χ2n) is 4.58. The van der Waals surface area contributed by atoms with E-state index in [1.807, 2.05) is 30.5 Å². The highest BCUT2D eigenvalue weighted by Gasteiger charge is 2.06. The number of hydrogen-bond acceptors (Lipinski definition) is 1. The third-order valence-electron chi connectivity index (χ3n) is 3.31. The Balaban J connectivity index is 2.03. The number of aliphatic hydroxyl groups excluding tert-OH is 1. The van der Waals surface area contributed by atoms with Crippen molar-refractivity contribution in [3.05, 3.63) is 71.7 Å². The third kappa shape index (κ3) is 2.25. The van der Waals surface area contributed by atoms with Crippen molar-refractivity contribution in [1.82, 2.24) is 4.57 Å². The standard InChI is InChI=1S/C16H14FNO/c17-15-6-4-12(5-7-15)10-18-9-8-13-2-1-3-14(11-19)16(13)18/h1-9,19H,10-11H2. The van der Waals surface area contributed by atoms with Crippen molar-refractivity contribution in [2.45, 2.75) is 13.2 Å². The molecule has 0 saturated carbocycles. The van der Waals surface area contributed by atoms with Gasteiger partial charge in [0.05, 0.1) is 12.1 Å². The molecule has 0 bridgehead atoms. The second-order valence-corrected chi connectivity index (χ2v) is 4.58. The molecule has 0 saturated heterocycles. The first-order chi connectivity index (χ1) is 9.28. The summed E-state index contributed by atoms with van der Waals surface area (Å²) in [5.74, 6) is -0.225. The number of aromatic nitrogens is 1. The zero-order chi connectivity index (χ0) is 13.2. The van der Waals surface area contributed by atoms with Gasteiger partial charge in [-0.1, -0.05) is 30.3 Å². The lowest BCUT2D eigenvalue weighted by Gasteiger charge is -2.08. The Morgan fingerprint density at radius 2 is 1.79 bits per heavy atom. The van der Waals surface area contributed by atoms with Gasteiger partial charge in [-0.2, -0.15) is 0 Å². The summed E-state index contributed by atoms with van der Waals surface area (Å²) in [5.41, 5.74) is 2.98. The lowest BCUT2D eigenvalue weighted by molar-refractivity contribution is 0.283. The van der Waals surface area contributed by atoms with Crippen molar-refractivity contribution in [2.24, 2.45) is 0 Å². The fraction of sp³-hybridized carbons (Fsp3) is 0.125. The predicted molar refractivity (Wildman–Crippen MR) is 73.4 cm³/mol. The van der Waals surface area contributed by atoms with Crippen LogP contribution in [0.5, 0.6) is 0 Å². The smallest absolute Gasteiger partial charge is 0.123 e. The summed E-state index contributed by atoms with van der Waals surface area (Å²) >= 11 is 0. The van der Waals surface area contributed by atoms with Gasteiger partial charge in [-0.15, -0.1) is 0 Å². The highest BCUT2D eigenvalue weighted by molar-refractivity contribution is 5.83. The number of benzene rings is 2. The molecular formula is C16H14FNO. The zero-order valence-electron chi connectivity index (χ0n) is 10.4. The van der Waals surface area contributed by atoms with Crippen LogP contribution in [-0.2, 0) is 13.2 Å². The van der Waals surface area contributed by atoms with Crippen molar-refractivity contribution in [3.63, 3.8) is 0 Å². The molecule has 2 aromatic carbocycles. The van der Waals surface area contributed by atoms with E-state index in [0.29, 0.717) is 6.54 Å². The van der Waals surface area contributed by atoms with E-state index in [4.69, 9.17) is 0 Å². The minimum Gasteiger partial charge on any atom is -0.392 e. The first-order valence-electron chi connectivity index (χ1n) is 6.20. The monoisotopic (exact) mass is 255 g/mol. The van der Waals surface area contributed by atoms with Crippen LogP contribution in [-0.4, -0.2) is 9.67 Å². The van der Waals surface area contributed by atoms with E-state index in [-0.39, 0.29) is 12.4 Å². The molecule has 0 aliphatic carbocycles. The maximum absolute atomic E-state index is 12.9. The average Bonchev–Trinajstić information content (AvgIpc) is 2.85. The van der Waals surface area contributed by atoms with Crippen LogP contribution >= 0.6 is 0 Å². The van der Waals surface area contributed by atoms with E-state index < -0.39 is 0 Å². The molecule has 3 aromatic rings. The van der Waals surface area contributed by atoms with Crippen LogP contribution in [0.25, 0.3) is 10.9 Å². The Hall–Kier alpha value is -2.13. The van der Waals surface area contributed by atoms with Gasteiger partial charge in [0, 0.05) is 18.3 Å². The summed E-state index contributed by atoms with van der Waals surface area (Å²) in [6.45, 7) is 0.686. The SMILES string of the molecule is OCc1cccc2ccn(Cc3ccc(F)cc3)c12. The van der Waals surface area contributed by atoms with Crippen LogP contribution in [0.4, 0.5) is 4.39 Å². The van der Waals surface area contributed by atoms with Gasteiger partial charge in [0.2, 0.25) is 0 Å². The minimum absolute atomic E-state index is 0.0186. The van der Waals surface area contributed by atoms with Gasteiger partial charge < -0.3 is 9.67 Å². The molecule has 0 fully saturated rings. The molecule has 0 radical (unpaired) electrons. The summed E-state index contributed by atoms with van der Waals surface area (Å²) < 4.78 is 15.0. The van der Waals surface area contributed by atoms with E-state index in [1.54, 1.807) is 12.1 Å². The number of fused-ring (bicyclic) bond motifs is 1. The molecule has 0 aliphatic rings. The topological polar surface area (TPSA) is 25.2 Å². The molecule has 3 rings (SSSR count). The van der Waals surface area contributed by atoms with E-state index >= 15 is 0 Å². The quantitative estimate of drug-likeness (QED) is 0.763. The maximum atomic E-state index is 12.9. The van der Waals surface area contributed by atoms with Crippen molar-refractivity contribution < 1.29 is 9.50 Å². The van der Waals surface area contributed by atoms with Crippen molar-refractivity contribution >= 4 is 10.9 Å². The molecule has 0 spiro atoms. The van der Waals surface area contributed by atoms with Gasteiger partial charge >= 0.3 is 0 Å². The average molecular weight is 255 g/mol. The van der Waals surface area contributed by atoms with Gasteiger partial charge in [-0.05, 0) is 29.1 Å². The number of para-hydroxylation sites is 1. The first-order valence-corrected chi connectivity index (χ1v) is 6.20. The fourth-order valence-electron chi connectivity index (χ4n) is 2.39. The lowest BCUT2D eigenvalue weighted by Crippen LogP contribution is -2.00. The van der Waals surface area contributed by atoms with E-state index in [0.717, 1.165) is 22.0 Å². The third-order valence-corrected chi connectivity index (χ3v) is 3.31. The van der Waals surface area contributed by atoms with Gasteiger partial charge in [0.1, 0.15) is 5.82 Å². The van der Waals surface area contributed by atoms with Gasteiger partial charge in [-0.25, -0.2) is 4.39 Å². The molecule has 1 N–H and O–H groups in total. The summed E-state index contributed by atoms with van der Waals surface area (Å²) in [6.07, 6.45) is 1.99. The molecule has 3 heteroatoms. The Bertz CT molecular complexity index is 700. The van der Waals surface area contributed by atoms with Crippen LogP contribution in [0.2, 0.25) is 0 Å². The van der Waals surface area contributed by atoms with Crippen molar-refractivity contribution in [1.29, 1.82) is 0 Å². The Morgan fingerprint density at radius 3 is 2.53 bits per heavy atom. The highest BCUT2D eigenvalue weighted by atomic mass is 19.1. The summed E-state index contributed by atoms with van der Waals surface area (Å²) in [7, 11) is 0. The number of hydrogen-bond donors (Lipinski definition) is 1. The summed E-state index contributed by atoms with van der Waals surface area (Å²) in [5, 5.41) is 10.5. The second kappa shape index (κ2) is 4.86. The highest BCUT2D eigenvalue weighted by Crippen LogP contribution is 2.21. The Labute approximate surface area is 110 Å². The molecule has 0 unspecified atom stereocenters.